The van der Waals surface area contributed by atoms with Crippen LogP contribution >= 0.6 is 12.2 Å². The quantitative estimate of drug-likeness (QED) is 0.629. The molecule has 1 atom stereocenters. The van der Waals surface area contributed by atoms with E-state index in [-0.39, 0.29) is 6.61 Å². The number of methoxy groups -OCH3 is 1. The van der Waals surface area contributed by atoms with E-state index in [9.17, 15) is 5.11 Å². The van der Waals surface area contributed by atoms with Gasteiger partial charge in [-0.05, 0) is 18.7 Å². The average Bonchev–Trinajstić information content (AvgIpc) is 2.49. The van der Waals surface area contributed by atoms with Gasteiger partial charge in [-0.3, -0.25) is 4.90 Å². The lowest BCUT2D eigenvalue weighted by molar-refractivity contribution is 0.0592. The second-order valence-corrected chi connectivity index (χ2v) is 5.18. The van der Waals surface area contributed by atoms with Gasteiger partial charge >= 0.3 is 0 Å². The zero-order valence-corrected chi connectivity index (χ0v) is 13.4. The molecule has 0 saturated carbocycles. The van der Waals surface area contributed by atoms with Gasteiger partial charge < -0.3 is 20.3 Å². The van der Waals surface area contributed by atoms with Crippen LogP contribution in [0.4, 0.5) is 0 Å². The Bertz CT molecular complexity index is 443. The number of likely N-dealkylation sites (N-methyl/N-ethyl adjacent to an activating group) is 1. The fraction of sp³-hybridized carbons (Fsp3) is 0.533. The Balaban J connectivity index is 2.43. The Kier molecular flexibility index (Phi) is 8.22. The highest BCUT2D eigenvalue weighted by Gasteiger charge is 2.11. The molecule has 0 amide bonds. The molecule has 0 spiro atoms. The molecule has 0 fully saturated rings. The van der Waals surface area contributed by atoms with Gasteiger partial charge in [0.05, 0.1) is 6.61 Å². The molecule has 0 aliphatic carbocycles. The lowest BCUT2D eigenvalue weighted by Gasteiger charge is -2.23. The zero-order valence-electron chi connectivity index (χ0n) is 12.6. The van der Waals surface area contributed by atoms with Crippen molar-refractivity contribution in [3.63, 3.8) is 0 Å². The molecule has 0 aliphatic heterocycles. The summed E-state index contributed by atoms with van der Waals surface area (Å²) in [4.78, 5) is 2.45. The van der Waals surface area contributed by atoms with Crippen molar-refractivity contribution in [3.05, 3.63) is 29.8 Å². The first-order valence-electron chi connectivity index (χ1n) is 6.98. The minimum atomic E-state index is -0.560. The molecule has 0 aliphatic rings. The molecule has 1 unspecified atom stereocenters. The highest BCUT2D eigenvalue weighted by atomic mass is 32.1. The fourth-order valence-corrected chi connectivity index (χ4v) is 2.01. The van der Waals surface area contributed by atoms with Crippen molar-refractivity contribution in [2.75, 3.05) is 40.0 Å². The first kappa shape index (κ1) is 17.8. The molecule has 0 bridgehead atoms. The first-order chi connectivity index (χ1) is 10.1. The van der Waals surface area contributed by atoms with Crippen molar-refractivity contribution < 1.29 is 14.6 Å². The summed E-state index contributed by atoms with van der Waals surface area (Å²) in [6.45, 7) is 5.13. The molecule has 6 heteroatoms. The van der Waals surface area contributed by atoms with Gasteiger partial charge in [0, 0.05) is 25.8 Å². The van der Waals surface area contributed by atoms with Crippen LogP contribution in [0.25, 0.3) is 0 Å². The summed E-state index contributed by atoms with van der Waals surface area (Å²) in [7, 11) is 1.67. The number of rotatable bonds is 10. The van der Waals surface area contributed by atoms with E-state index in [0.717, 1.165) is 18.7 Å². The Morgan fingerprint density at radius 3 is 2.86 bits per heavy atom. The lowest BCUT2D eigenvalue weighted by atomic mass is 10.2. The summed E-state index contributed by atoms with van der Waals surface area (Å²) in [6.07, 6.45) is -0.560. The maximum Gasteiger partial charge on any atom is 0.120 e. The van der Waals surface area contributed by atoms with E-state index in [4.69, 9.17) is 27.4 Å². The molecule has 0 aromatic heterocycles. The average molecular weight is 312 g/mol. The predicted octanol–water partition coefficient (Wildman–Crippen LogP) is 1.03. The van der Waals surface area contributed by atoms with Crippen molar-refractivity contribution in [1.29, 1.82) is 0 Å². The molecule has 118 valence electrons. The van der Waals surface area contributed by atoms with Crippen LogP contribution in [0.5, 0.6) is 5.75 Å². The topological polar surface area (TPSA) is 68.0 Å². The number of aliphatic hydroxyl groups is 1. The van der Waals surface area contributed by atoms with Crippen molar-refractivity contribution >= 4 is 17.2 Å². The number of nitrogens with zero attached hydrogens (tertiary/aromatic N) is 1. The molecule has 1 rings (SSSR count). The molecule has 0 heterocycles. The van der Waals surface area contributed by atoms with Crippen LogP contribution < -0.4 is 10.5 Å². The van der Waals surface area contributed by atoms with Crippen LogP contribution in [-0.2, 0) is 4.74 Å². The normalized spacial score (nSPS) is 12.4. The SMILES string of the molecule is CCN(CCOC)CC(O)COc1cccc(C(N)=S)c1. The predicted molar refractivity (Wildman–Crippen MR) is 87.8 cm³/mol. The number of hydrogen-bond donors (Lipinski definition) is 2. The third-order valence-corrected chi connectivity index (χ3v) is 3.32. The van der Waals surface area contributed by atoms with Crippen molar-refractivity contribution in [1.82, 2.24) is 4.90 Å². The monoisotopic (exact) mass is 312 g/mol. The molecule has 1 aromatic rings. The van der Waals surface area contributed by atoms with Gasteiger partial charge in [0.1, 0.15) is 23.4 Å². The molecule has 21 heavy (non-hydrogen) atoms. The summed E-state index contributed by atoms with van der Waals surface area (Å²) < 4.78 is 10.6. The van der Waals surface area contributed by atoms with E-state index >= 15 is 0 Å². The Morgan fingerprint density at radius 1 is 1.48 bits per heavy atom. The van der Waals surface area contributed by atoms with E-state index in [2.05, 4.69) is 11.8 Å². The Hall–Kier alpha value is -1.21. The highest BCUT2D eigenvalue weighted by Crippen LogP contribution is 2.13. The third kappa shape index (κ3) is 6.86. The fourth-order valence-electron chi connectivity index (χ4n) is 1.88. The van der Waals surface area contributed by atoms with Gasteiger partial charge in [-0.25, -0.2) is 0 Å². The van der Waals surface area contributed by atoms with Crippen LogP contribution in [0.2, 0.25) is 0 Å². The minimum absolute atomic E-state index is 0.226. The zero-order chi connectivity index (χ0) is 15.7. The second-order valence-electron chi connectivity index (χ2n) is 4.74. The number of nitrogens with two attached hydrogens (primary N) is 1. The molecule has 0 radical (unpaired) electrons. The largest absolute Gasteiger partial charge is 0.491 e. The van der Waals surface area contributed by atoms with Crippen molar-refractivity contribution in [2.45, 2.75) is 13.0 Å². The van der Waals surface area contributed by atoms with Gasteiger partial charge in [0.25, 0.3) is 0 Å². The molecular weight excluding hydrogens is 288 g/mol. The first-order valence-corrected chi connectivity index (χ1v) is 7.39. The van der Waals surface area contributed by atoms with Crippen LogP contribution in [0.3, 0.4) is 0 Å². The number of aliphatic hydroxyl groups excluding tert-OH is 1. The highest BCUT2D eigenvalue weighted by molar-refractivity contribution is 7.80. The van der Waals surface area contributed by atoms with E-state index in [0.29, 0.717) is 23.9 Å². The summed E-state index contributed by atoms with van der Waals surface area (Å²) in [5.74, 6) is 0.652. The van der Waals surface area contributed by atoms with Crippen molar-refractivity contribution in [3.8, 4) is 5.75 Å². The Labute approximate surface area is 131 Å². The van der Waals surface area contributed by atoms with Gasteiger partial charge in [0.2, 0.25) is 0 Å². The van der Waals surface area contributed by atoms with E-state index in [1.807, 2.05) is 18.2 Å². The van der Waals surface area contributed by atoms with Crippen LogP contribution in [0.1, 0.15) is 12.5 Å². The van der Waals surface area contributed by atoms with Crippen LogP contribution in [0.15, 0.2) is 24.3 Å². The summed E-state index contributed by atoms with van der Waals surface area (Å²) in [5, 5.41) is 10.0. The van der Waals surface area contributed by atoms with E-state index in [1.54, 1.807) is 13.2 Å². The maximum atomic E-state index is 10.0. The maximum absolute atomic E-state index is 10.0. The lowest BCUT2D eigenvalue weighted by Crippen LogP contribution is -2.37. The van der Waals surface area contributed by atoms with Gasteiger partial charge in [-0.1, -0.05) is 31.3 Å². The van der Waals surface area contributed by atoms with E-state index in [1.165, 1.54) is 0 Å². The van der Waals surface area contributed by atoms with Gasteiger partial charge in [0.15, 0.2) is 0 Å². The minimum Gasteiger partial charge on any atom is -0.491 e. The second kappa shape index (κ2) is 9.68. The molecule has 0 saturated heterocycles. The number of ether oxygens (including phenoxy) is 2. The van der Waals surface area contributed by atoms with Crippen molar-refractivity contribution in [2.24, 2.45) is 5.73 Å². The van der Waals surface area contributed by atoms with Gasteiger partial charge in [-0.2, -0.15) is 0 Å². The van der Waals surface area contributed by atoms with Crippen LogP contribution in [-0.4, -0.2) is 61.1 Å². The standard InChI is InChI=1S/C15H24N2O3S/c1-3-17(7-8-19-2)10-13(18)11-20-14-6-4-5-12(9-14)15(16)21/h4-6,9,13,18H,3,7-8,10-11H2,1-2H3,(H2,16,21). The van der Waals surface area contributed by atoms with Crippen LogP contribution in [0, 0.1) is 0 Å². The summed E-state index contributed by atoms with van der Waals surface area (Å²) >= 11 is 4.92. The molecular formula is C15H24N2O3S. The number of hydrogen-bond acceptors (Lipinski definition) is 5. The summed E-state index contributed by atoms with van der Waals surface area (Å²) in [5.41, 5.74) is 6.33. The van der Waals surface area contributed by atoms with Gasteiger partial charge in [-0.15, -0.1) is 0 Å². The molecule has 1 aromatic carbocycles. The number of thiocarbonyl (C=S) groups is 1. The molecule has 5 nitrogen and oxygen atoms in total. The third-order valence-electron chi connectivity index (χ3n) is 3.09. The molecule has 3 N–H and O–H groups in total. The number of benzene rings is 1. The summed E-state index contributed by atoms with van der Waals surface area (Å²) in [6, 6.07) is 7.25. The van der Waals surface area contributed by atoms with E-state index < -0.39 is 6.10 Å². The smallest absolute Gasteiger partial charge is 0.120 e. The Morgan fingerprint density at radius 2 is 2.24 bits per heavy atom.